The number of aryl methyl sites for hydroxylation is 1. The van der Waals surface area contributed by atoms with Crippen LogP contribution in [0.3, 0.4) is 0 Å². The number of benzene rings is 3. The lowest BCUT2D eigenvalue weighted by Gasteiger charge is -2.25. The number of aromatic nitrogens is 2. The van der Waals surface area contributed by atoms with Gasteiger partial charge >= 0.3 is 0 Å². The second-order valence-electron chi connectivity index (χ2n) is 9.26. The van der Waals surface area contributed by atoms with Crippen LogP contribution in [0.5, 0.6) is 0 Å². The van der Waals surface area contributed by atoms with Crippen LogP contribution in [0.4, 0.5) is 5.69 Å². The smallest absolute Gasteiger partial charge is 0.257 e. The summed E-state index contributed by atoms with van der Waals surface area (Å²) in [5.41, 5.74) is 6.02. The lowest BCUT2D eigenvalue weighted by molar-refractivity contribution is 0.0950. The van der Waals surface area contributed by atoms with Crippen LogP contribution >= 0.6 is 0 Å². The SMILES string of the molecule is CCc1noc(-c2ccc(C(=O)NCc3cccc(C(=O)Nc4ccc5c(c4)CN(C)CC5)c3)cc2)n1. The van der Waals surface area contributed by atoms with Gasteiger partial charge in [0.25, 0.3) is 17.7 Å². The van der Waals surface area contributed by atoms with Crippen molar-refractivity contribution in [1.29, 1.82) is 0 Å². The molecule has 3 aromatic carbocycles. The Balaban J connectivity index is 1.19. The standard InChI is InChI=1S/C29H29N5O3/c1-3-26-32-29(37-33-26)22-9-7-21(8-10-22)27(35)30-17-19-5-4-6-23(15-19)28(36)31-25-12-11-20-13-14-34(2)18-24(20)16-25/h4-12,15-16H,3,13-14,17-18H2,1-2H3,(H,30,35)(H,31,36). The fraction of sp³-hybridized carbons (Fsp3) is 0.241. The second-order valence-corrected chi connectivity index (χ2v) is 9.26. The number of nitrogens with one attached hydrogen (secondary N) is 2. The molecule has 0 saturated carbocycles. The minimum Gasteiger partial charge on any atom is -0.348 e. The van der Waals surface area contributed by atoms with Crippen LogP contribution < -0.4 is 10.6 Å². The quantitative estimate of drug-likeness (QED) is 0.392. The monoisotopic (exact) mass is 495 g/mol. The molecule has 4 aromatic rings. The number of hydrogen-bond acceptors (Lipinski definition) is 6. The summed E-state index contributed by atoms with van der Waals surface area (Å²) in [6.07, 6.45) is 1.72. The average Bonchev–Trinajstić information content (AvgIpc) is 3.41. The number of nitrogens with zero attached hydrogens (tertiary/aromatic N) is 3. The first-order valence-corrected chi connectivity index (χ1v) is 12.4. The van der Waals surface area contributed by atoms with Gasteiger partial charge in [-0.15, -0.1) is 0 Å². The van der Waals surface area contributed by atoms with Crippen LogP contribution in [-0.4, -0.2) is 40.4 Å². The summed E-state index contributed by atoms with van der Waals surface area (Å²) in [6, 6.07) is 20.4. The minimum absolute atomic E-state index is 0.180. The molecule has 1 aliphatic heterocycles. The lowest BCUT2D eigenvalue weighted by atomic mass is 9.99. The predicted molar refractivity (Wildman–Crippen MR) is 141 cm³/mol. The van der Waals surface area contributed by atoms with Crippen molar-refractivity contribution in [2.45, 2.75) is 32.9 Å². The predicted octanol–water partition coefficient (Wildman–Crippen LogP) is 4.47. The molecule has 8 heteroatoms. The third kappa shape index (κ3) is 5.76. The Labute approximate surface area is 215 Å². The molecule has 0 fully saturated rings. The number of carbonyl (C=O) groups is 2. The van der Waals surface area contributed by atoms with E-state index in [9.17, 15) is 9.59 Å². The topological polar surface area (TPSA) is 100 Å². The zero-order valence-corrected chi connectivity index (χ0v) is 21.0. The summed E-state index contributed by atoms with van der Waals surface area (Å²) in [4.78, 5) is 32.2. The van der Waals surface area contributed by atoms with E-state index in [1.54, 1.807) is 36.4 Å². The van der Waals surface area contributed by atoms with Crippen LogP contribution in [0.25, 0.3) is 11.5 Å². The highest BCUT2D eigenvalue weighted by Gasteiger charge is 2.15. The van der Waals surface area contributed by atoms with Crippen LogP contribution in [0.15, 0.2) is 71.3 Å². The molecule has 0 unspecified atom stereocenters. The summed E-state index contributed by atoms with van der Waals surface area (Å²) in [6.45, 7) is 4.19. The molecule has 0 aliphatic carbocycles. The largest absolute Gasteiger partial charge is 0.348 e. The number of likely N-dealkylation sites (N-methyl/N-ethyl adjacent to an activating group) is 1. The van der Waals surface area contributed by atoms with Crippen LogP contribution in [0.2, 0.25) is 0 Å². The Morgan fingerprint density at radius 3 is 2.59 bits per heavy atom. The summed E-state index contributed by atoms with van der Waals surface area (Å²) < 4.78 is 5.25. The Morgan fingerprint density at radius 2 is 1.81 bits per heavy atom. The van der Waals surface area contributed by atoms with Crippen molar-refractivity contribution in [3.8, 4) is 11.5 Å². The van der Waals surface area contributed by atoms with Gasteiger partial charge in [0.1, 0.15) is 0 Å². The fourth-order valence-corrected chi connectivity index (χ4v) is 4.37. The molecule has 188 valence electrons. The van der Waals surface area contributed by atoms with Gasteiger partial charge < -0.3 is 20.1 Å². The van der Waals surface area contributed by atoms with Gasteiger partial charge in [-0.05, 0) is 78.7 Å². The van der Waals surface area contributed by atoms with Gasteiger partial charge in [0, 0.05) is 48.4 Å². The van der Waals surface area contributed by atoms with Crippen molar-refractivity contribution < 1.29 is 14.1 Å². The molecular weight excluding hydrogens is 466 g/mol. The normalized spacial score (nSPS) is 13.1. The Morgan fingerprint density at radius 1 is 0.973 bits per heavy atom. The maximum Gasteiger partial charge on any atom is 0.257 e. The van der Waals surface area contributed by atoms with E-state index in [4.69, 9.17) is 4.52 Å². The Hall–Kier alpha value is -4.30. The number of anilines is 1. The molecule has 0 saturated heterocycles. The van der Waals surface area contributed by atoms with Gasteiger partial charge in [-0.2, -0.15) is 4.98 Å². The van der Waals surface area contributed by atoms with Crippen molar-refractivity contribution in [3.05, 3.63) is 100 Å². The Bertz CT molecular complexity index is 1430. The van der Waals surface area contributed by atoms with Crippen molar-refractivity contribution in [3.63, 3.8) is 0 Å². The highest BCUT2D eigenvalue weighted by Crippen LogP contribution is 2.23. The van der Waals surface area contributed by atoms with E-state index in [0.717, 1.165) is 36.3 Å². The number of fused-ring (bicyclic) bond motifs is 1. The third-order valence-electron chi connectivity index (χ3n) is 6.49. The van der Waals surface area contributed by atoms with Gasteiger partial charge in [-0.25, -0.2) is 0 Å². The molecule has 8 nitrogen and oxygen atoms in total. The molecule has 0 atom stereocenters. The van der Waals surface area contributed by atoms with E-state index in [-0.39, 0.29) is 11.8 Å². The molecule has 0 bridgehead atoms. The minimum atomic E-state index is -0.208. The first-order valence-electron chi connectivity index (χ1n) is 12.4. The van der Waals surface area contributed by atoms with Crippen molar-refractivity contribution in [2.24, 2.45) is 0 Å². The molecule has 1 aromatic heterocycles. The first-order chi connectivity index (χ1) is 18.0. The van der Waals surface area contributed by atoms with Crippen LogP contribution in [0, 0.1) is 0 Å². The molecule has 0 radical (unpaired) electrons. The second kappa shape index (κ2) is 10.8. The molecule has 1 aliphatic rings. The maximum atomic E-state index is 12.9. The highest BCUT2D eigenvalue weighted by atomic mass is 16.5. The molecule has 2 N–H and O–H groups in total. The lowest BCUT2D eigenvalue weighted by Crippen LogP contribution is -2.26. The first kappa shape index (κ1) is 24.4. The van der Waals surface area contributed by atoms with Crippen molar-refractivity contribution in [1.82, 2.24) is 20.4 Å². The van der Waals surface area contributed by atoms with E-state index >= 15 is 0 Å². The van der Waals surface area contributed by atoms with Crippen LogP contribution in [0.1, 0.15) is 50.2 Å². The highest BCUT2D eigenvalue weighted by molar-refractivity contribution is 6.04. The maximum absolute atomic E-state index is 12.9. The van der Waals surface area contributed by atoms with E-state index in [2.05, 4.69) is 44.9 Å². The summed E-state index contributed by atoms with van der Waals surface area (Å²) in [5.74, 6) is 0.685. The molecule has 2 amide bonds. The fourth-order valence-electron chi connectivity index (χ4n) is 4.37. The van der Waals surface area contributed by atoms with Gasteiger partial charge in [-0.1, -0.05) is 30.3 Å². The van der Waals surface area contributed by atoms with E-state index in [1.165, 1.54) is 11.1 Å². The van der Waals surface area contributed by atoms with E-state index in [0.29, 0.717) is 35.8 Å². The molecule has 37 heavy (non-hydrogen) atoms. The average molecular weight is 496 g/mol. The molecule has 5 rings (SSSR count). The molecule has 2 heterocycles. The Kier molecular flexibility index (Phi) is 7.09. The van der Waals surface area contributed by atoms with Gasteiger partial charge in [-0.3, -0.25) is 9.59 Å². The zero-order chi connectivity index (χ0) is 25.8. The van der Waals surface area contributed by atoms with Gasteiger partial charge in [0.2, 0.25) is 0 Å². The number of amides is 2. The number of carbonyl (C=O) groups excluding carboxylic acids is 2. The van der Waals surface area contributed by atoms with E-state index < -0.39 is 0 Å². The van der Waals surface area contributed by atoms with Crippen molar-refractivity contribution >= 4 is 17.5 Å². The zero-order valence-electron chi connectivity index (χ0n) is 21.0. The summed E-state index contributed by atoms with van der Waals surface area (Å²) >= 11 is 0. The number of hydrogen-bond donors (Lipinski definition) is 2. The van der Waals surface area contributed by atoms with Crippen LogP contribution in [-0.2, 0) is 25.9 Å². The van der Waals surface area contributed by atoms with Gasteiger partial charge in [0.15, 0.2) is 5.82 Å². The van der Waals surface area contributed by atoms with Gasteiger partial charge in [0.05, 0.1) is 0 Å². The molecule has 0 spiro atoms. The van der Waals surface area contributed by atoms with E-state index in [1.807, 2.05) is 25.1 Å². The summed E-state index contributed by atoms with van der Waals surface area (Å²) in [7, 11) is 2.10. The molecular formula is C29H29N5O3. The third-order valence-corrected chi connectivity index (χ3v) is 6.49. The number of rotatable bonds is 7. The summed E-state index contributed by atoms with van der Waals surface area (Å²) in [5, 5.41) is 9.82. The van der Waals surface area contributed by atoms with Crippen molar-refractivity contribution in [2.75, 3.05) is 18.9 Å².